The van der Waals surface area contributed by atoms with Crippen LogP contribution in [0.15, 0.2) is 29.2 Å². The van der Waals surface area contributed by atoms with Crippen LogP contribution in [0.4, 0.5) is 0 Å². The van der Waals surface area contributed by atoms with Crippen LogP contribution in [0.25, 0.3) is 0 Å². The first-order valence-corrected chi connectivity index (χ1v) is 8.75. The van der Waals surface area contributed by atoms with Gasteiger partial charge in [-0.3, -0.25) is 0 Å². The van der Waals surface area contributed by atoms with Gasteiger partial charge < -0.3 is 9.90 Å². The van der Waals surface area contributed by atoms with Gasteiger partial charge in [-0.05, 0) is 35.4 Å². The molecule has 0 unspecified atom stereocenters. The molecular formula is C16H24NO4S-. The number of carbonyl (C=O) groups excluding carboxylic acids is 1. The Bertz CT molecular complexity index is 613. The van der Waals surface area contributed by atoms with Gasteiger partial charge >= 0.3 is 0 Å². The lowest BCUT2D eigenvalue weighted by atomic mass is 9.87. The fourth-order valence-corrected chi connectivity index (χ4v) is 3.25. The quantitative estimate of drug-likeness (QED) is 0.857. The lowest BCUT2D eigenvalue weighted by molar-refractivity contribution is -0.308. The van der Waals surface area contributed by atoms with Crippen molar-refractivity contribution in [1.82, 2.24) is 4.72 Å². The number of benzene rings is 1. The van der Waals surface area contributed by atoms with E-state index in [2.05, 4.69) is 4.72 Å². The fraction of sp³-hybridized carbons (Fsp3) is 0.562. The number of carboxylic acids is 1. The average Bonchev–Trinajstić information content (AvgIpc) is 2.36. The third-order valence-electron chi connectivity index (χ3n) is 3.32. The number of rotatable bonds is 6. The molecule has 22 heavy (non-hydrogen) atoms. The van der Waals surface area contributed by atoms with E-state index in [1.54, 1.807) is 12.1 Å². The van der Waals surface area contributed by atoms with Crippen LogP contribution in [0.2, 0.25) is 0 Å². The Morgan fingerprint density at radius 1 is 1.18 bits per heavy atom. The molecule has 124 valence electrons. The highest BCUT2D eigenvalue weighted by molar-refractivity contribution is 7.89. The molecule has 0 bridgehead atoms. The summed E-state index contributed by atoms with van der Waals surface area (Å²) in [5, 5.41) is 11.1. The Kier molecular flexibility index (Phi) is 5.76. The van der Waals surface area contributed by atoms with E-state index >= 15 is 0 Å². The molecule has 6 heteroatoms. The molecule has 0 aromatic heterocycles. The predicted octanol–water partition coefficient (Wildman–Crippen LogP) is 1.43. The fourth-order valence-electron chi connectivity index (χ4n) is 2.05. The minimum absolute atomic E-state index is 0.0360. The molecule has 1 rings (SSSR count). The highest BCUT2D eigenvalue weighted by Crippen LogP contribution is 2.23. The van der Waals surface area contributed by atoms with Gasteiger partial charge in [-0.2, -0.15) is 0 Å². The van der Waals surface area contributed by atoms with Crippen LogP contribution in [0.5, 0.6) is 0 Å². The molecule has 0 spiro atoms. The molecule has 5 nitrogen and oxygen atoms in total. The zero-order valence-electron chi connectivity index (χ0n) is 13.7. The Hall–Kier alpha value is -1.40. The number of nitrogens with one attached hydrogen (secondary N) is 1. The van der Waals surface area contributed by atoms with Gasteiger partial charge in [0.15, 0.2) is 0 Å². The molecule has 0 saturated carbocycles. The molecule has 0 aliphatic carbocycles. The summed E-state index contributed by atoms with van der Waals surface area (Å²) in [7, 11) is -3.88. The van der Waals surface area contributed by atoms with Crippen molar-refractivity contribution < 1.29 is 18.3 Å². The van der Waals surface area contributed by atoms with Gasteiger partial charge in [0.2, 0.25) is 10.0 Å². The van der Waals surface area contributed by atoms with Crippen molar-refractivity contribution in [2.24, 2.45) is 5.92 Å². The van der Waals surface area contributed by atoms with Crippen LogP contribution in [0, 0.1) is 5.92 Å². The second-order valence-corrected chi connectivity index (χ2v) is 8.61. The van der Waals surface area contributed by atoms with Crippen LogP contribution >= 0.6 is 0 Å². The van der Waals surface area contributed by atoms with Gasteiger partial charge in [0.05, 0.1) is 16.9 Å². The van der Waals surface area contributed by atoms with E-state index in [1.165, 1.54) is 12.1 Å². The molecule has 0 aliphatic heterocycles. The lowest BCUT2D eigenvalue weighted by Crippen LogP contribution is -2.48. The molecule has 0 fully saturated rings. The van der Waals surface area contributed by atoms with Crippen LogP contribution in [-0.4, -0.2) is 20.4 Å². The summed E-state index contributed by atoms with van der Waals surface area (Å²) >= 11 is 0. The van der Waals surface area contributed by atoms with E-state index in [0.29, 0.717) is 0 Å². The minimum atomic E-state index is -3.88. The number of hydrogen-bond donors (Lipinski definition) is 1. The lowest BCUT2D eigenvalue weighted by Gasteiger charge is -2.22. The Labute approximate surface area is 132 Å². The van der Waals surface area contributed by atoms with Crippen molar-refractivity contribution in [3.05, 3.63) is 29.8 Å². The highest BCUT2D eigenvalue weighted by atomic mass is 32.2. The number of sulfonamides is 1. The second kappa shape index (κ2) is 6.79. The van der Waals surface area contributed by atoms with E-state index in [0.717, 1.165) is 5.56 Å². The summed E-state index contributed by atoms with van der Waals surface area (Å²) in [6, 6.07) is 5.23. The number of aliphatic carboxylic acids is 1. The minimum Gasteiger partial charge on any atom is -0.548 e. The van der Waals surface area contributed by atoms with Crippen molar-refractivity contribution in [2.75, 3.05) is 0 Å². The molecule has 0 saturated heterocycles. The molecule has 1 aromatic carbocycles. The van der Waals surface area contributed by atoms with Gasteiger partial charge in [-0.15, -0.1) is 0 Å². The van der Waals surface area contributed by atoms with Crippen LogP contribution in [-0.2, 0) is 20.2 Å². The maximum atomic E-state index is 12.3. The van der Waals surface area contributed by atoms with Gasteiger partial charge in [0, 0.05) is 0 Å². The molecule has 1 N–H and O–H groups in total. The molecule has 0 aliphatic rings. The number of carbonyl (C=O) groups is 1. The topological polar surface area (TPSA) is 86.3 Å². The zero-order valence-corrected chi connectivity index (χ0v) is 14.5. The van der Waals surface area contributed by atoms with Crippen molar-refractivity contribution in [3.8, 4) is 0 Å². The van der Waals surface area contributed by atoms with E-state index in [1.807, 2.05) is 34.6 Å². The first-order valence-electron chi connectivity index (χ1n) is 7.27. The van der Waals surface area contributed by atoms with Crippen molar-refractivity contribution in [3.63, 3.8) is 0 Å². The molecule has 0 amide bonds. The predicted molar refractivity (Wildman–Crippen MR) is 83.7 cm³/mol. The summed E-state index contributed by atoms with van der Waals surface area (Å²) in [6.07, 6.45) is 0.182. The highest BCUT2D eigenvalue weighted by Gasteiger charge is 2.22. The van der Waals surface area contributed by atoms with E-state index in [4.69, 9.17) is 0 Å². The average molecular weight is 326 g/mol. The second-order valence-electron chi connectivity index (χ2n) is 6.90. The SMILES string of the molecule is CC(C)C[C@H](NS(=O)(=O)c1ccc(C(C)(C)C)cc1)C(=O)[O-]. The van der Waals surface area contributed by atoms with E-state index < -0.39 is 22.0 Å². The monoisotopic (exact) mass is 326 g/mol. The first-order chi connectivity index (χ1) is 9.93. The Balaban J connectivity index is 3.01. The summed E-state index contributed by atoms with van der Waals surface area (Å²) in [6.45, 7) is 9.74. The summed E-state index contributed by atoms with van der Waals surface area (Å²) in [4.78, 5) is 11.1. The summed E-state index contributed by atoms with van der Waals surface area (Å²) in [5.41, 5.74) is 0.922. The first kappa shape index (κ1) is 18.6. The molecule has 1 aromatic rings. The van der Waals surface area contributed by atoms with Crippen molar-refractivity contribution in [1.29, 1.82) is 0 Å². The smallest absolute Gasteiger partial charge is 0.241 e. The van der Waals surface area contributed by atoms with Crippen LogP contribution < -0.4 is 9.83 Å². The van der Waals surface area contributed by atoms with E-state index in [-0.39, 0.29) is 22.6 Å². The molecule has 0 radical (unpaired) electrons. The number of carboxylic acid groups (broad SMARTS) is 1. The van der Waals surface area contributed by atoms with Crippen LogP contribution in [0.3, 0.4) is 0 Å². The van der Waals surface area contributed by atoms with Crippen molar-refractivity contribution in [2.45, 2.75) is 57.4 Å². The molecule has 0 heterocycles. The van der Waals surface area contributed by atoms with Gasteiger partial charge in [-0.25, -0.2) is 13.1 Å². The third-order valence-corrected chi connectivity index (χ3v) is 4.81. The Morgan fingerprint density at radius 2 is 1.68 bits per heavy atom. The van der Waals surface area contributed by atoms with Gasteiger partial charge in [0.1, 0.15) is 0 Å². The third kappa shape index (κ3) is 5.10. The van der Waals surface area contributed by atoms with Crippen LogP contribution in [0.1, 0.15) is 46.6 Å². The molecular weight excluding hydrogens is 302 g/mol. The number of hydrogen-bond acceptors (Lipinski definition) is 4. The summed E-state index contributed by atoms with van der Waals surface area (Å²) in [5.74, 6) is -1.38. The van der Waals surface area contributed by atoms with E-state index in [9.17, 15) is 18.3 Å². The molecule has 1 atom stereocenters. The van der Waals surface area contributed by atoms with Gasteiger partial charge in [0.25, 0.3) is 0 Å². The normalized spacial score (nSPS) is 14.1. The Morgan fingerprint density at radius 3 is 2.05 bits per heavy atom. The summed E-state index contributed by atoms with van der Waals surface area (Å²) < 4.78 is 26.8. The maximum Gasteiger partial charge on any atom is 0.241 e. The zero-order chi connectivity index (χ0) is 17.1. The van der Waals surface area contributed by atoms with Gasteiger partial charge in [-0.1, -0.05) is 46.8 Å². The largest absolute Gasteiger partial charge is 0.548 e. The van der Waals surface area contributed by atoms with Crippen molar-refractivity contribution >= 4 is 16.0 Å². The maximum absolute atomic E-state index is 12.3. The standard InChI is InChI=1S/C16H25NO4S/c1-11(2)10-14(15(18)19)17-22(20,21)13-8-6-12(7-9-13)16(3,4)5/h6-9,11,14,17H,10H2,1-5H3,(H,18,19)/p-1/t14-/m0/s1.